The number of fused-ring (bicyclic) bond motifs is 1. The quantitative estimate of drug-likeness (QED) is 0.865. The minimum Gasteiger partial charge on any atom is -0.308 e. The predicted molar refractivity (Wildman–Crippen MR) is 78.7 cm³/mol. The largest absolute Gasteiger partial charge is 0.308 e. The summed E-state index contributed by atoms with van der Waals surface area (Å²) in [6, 6.07) is 12.2. The Balaban J connectivity index is 2.01. The third kappa shape index (κ3) is 2.41. The highest BCUT2D eigenvalue weighted by Crippen LogP contribution is 2.26. The zero-order valence-electron chi connectivity index (χ0n) is 10.8. The summed E-state index contributed by atoms with van der Waals surface area (Å²) in [5.41, 5.74) is 2.20. The fourth-order valence-electron chi connectivity index (χ4n) is 2.37. The molecule has 1 amide bonds. The fourth-order valence-corrected chi connectivity index (χ4v) is 3.04. The van der Waals surface area contributed by atoms with E-state index in [1.807, 2.05) is 40.6 Å². The van der Waals surface area contributed by atoms with Crippen molar-refractivity contribution in [1.29, 1.82) is 0 Å². The Hall–Kier alpha value is -1.65. The van der Waals surface area contributed by atoms with E-state index in [0.29, 0.717) is 6.54 Å². The average Bonchev–Trinajstić information content (AvgIpc) is 2.91. The van der Waals surface area contributed by atoms with E-state index in [0.717, 1.165) is 17.1 Å². The number of hydrogen-bond donors (Lipinski definition) is 1. The van der Waals surface area contributed by atoms with Crippen LogP contribution in [-0.4, -0.2) is 18.5 Å². The van der Waals surface area contributed by atoms with Crippen LogP contribution in [0.2, 0.25) is 0 Å². The number of nitrogens with one attached hydrogen (secondary N) is 1. The molecule has 1 N–H and O–H groups in total. The molecule has 2 heterocycles. The van der Waals surface area contributed by atoms with Gasteiger partial charge in [-0.3, -0.25) is 4.79 Å². The Morgan fingerprint density at radius 3 is 2.95 bits per heavy atom. The minimum absolute atomic E-state index is 0.0954. The molecule has 1 aliphatic rings. The normalized spacial score (nSPS) is 18.8. The molecular formula is C15H16N2OS. The molecule has 2 aromatic rings. The van der Waals surface area contributed by atoms with Gasteiger partial charge >= 0.3 is 0 Å². The van der Waals surface area contributed by atoms with Crippen LogP contribution in [0.1, 0.15) is 22.2 Å². The van der Waals surface area contributed by atoms with Gasteiger partial charge in [-0.1, -0.05) is 24.3 Å². The number of rotatable bonds is 1. The number of hydrogen-bond acceptors (Lipinski definition) is 3. The van der Waals surface area contributed by atoms with E-state index in [1.165, 1.54) is 16.9 Å². The van der Waals surface area contributed by atoms with E-state index in [2.05, 4.69) is 18.3 Å². The molecule has 4 heteroatoms. The van der Waals surface area contributed by atoms with E-state index in [4.69, 9.17) is 0 Å². The van der Waals surface area contributed by atoms with Gasteiger partial charge in [-0.05, 0) is 30.0 Å². The SMILES string of the molecule is CC1CN(C(=O)c2cccs2)c2ccccc2CN1. The van der Waals surface area contributed by atoms with Crippen LogP contribution in [0.4, 0.5) is 5.69 Å². The van der Waals surface area contributed by atoms with Crippen molar-refractivity contribution in [3.8, 4) is 0 Å². The smallest absolute Gasteiger partial charge is 0.268 e. The van der Waals surface area contributed by atoms with Crippen LogP contribution in [0.5, 0.6) is 0 Å². The molecule has 0 radical (unpaired) electrons. The van der Waals surface area contributed by atoms with Gasteiger partial charge in [0, 0.05) is 24.8 Å². The average molecular weight is 272 g/mol. The fraction of sp³-hybridized carbons (Fsp3) is 0.267. The molecule has 1 aromatic heterocycles. The molecule has 98 valence electrons. The molecule has 0 saturated heterocycles. The van der Waals surface area contributed by atoms with Gasteiger partial charge in [-0.15, -0.1) is 11.3 Å². The summed E-state index contributed by atoms with van der Waals surface area (Å²) in [7, 11) is 0. The molecule has 1 atom stereocenters. The molecule has 0 bridgehead atoms. The number of nitrogens with zero attached hydrogens (tertiary/aromatic N) is 1. The van der Waals surface area contributed by atoms with Crippen LogP contribution in [0.15, 0.2) is 41.8 Å². The van der Waals surface area contributed by atoms with Gasteiger partial charge in [0.15, 0.2) is 0 Å². The lowest BCUT2D eigenvalue weighted by atomic mass is 10.1. The lowest BCUT2D eigenvalue weighted by Crippen LogP contribution is -2.39. The molecule has 0 saturated carbocycles. The molecule has 19 heavy (non-hydrogen) atoms. The molecule has 0 aliphatic carbocycles. The van der Waals surface area contributed by atoms with Gasteiger partial charge < -0.3 is 10.2 Å². The molecule has 1 aliphatic heterocycles. The molecule has 1 unspecified atom stereocenters. The van der Waals surface area contributed by atoms with Gasteiger partial charge in [0.2, 0.25) is 0 Å². The summed E-state index contributed by atoms with van der Waals surface area (Å²) >= 11 is 1.50. The van der Waals surface area contributed by atoms with Crippen molar-refractivity contribution in [1.82, 2.24) is 5.32 Å². The highest BCUT2D eigenvalue weighted by atomic mass is 32.1. The zero-order valence-corrected chi connectivity index (χ0v) is 11.6. The second-order valence-corrected chi connectivity index (χ2v) is 5.75. The van der Waals surface area contributed by atoms with Crippen LogP contribution in [0.3, 0.4) is 0 Å². The second kappa shape index (κ2) is 5.15. The van der Waals surface area contributed by atoms with Crippen LogP contribution >= 0.6 is 11.3 Å². The van der Waals surface area contributed by atoms with Crippen molar-refractivity contribution < 1.29 is 4.79 Å². The Labute approximate surface area is 116 Å². The summed E-state index contributed by atoms with van der Waals surface area (Å²) < 4.78 is 0. The second-order valence-electron chi connectivity index (χ2n) is 4.80. The molecule has 0 spiro atoms. The summed E-state index contributed by atoms with van der Waals surface area (Å²) in [6.45, 7) is 3.62. The summed E-state index contributed by atoms with van der Waals surface area (Å²) in [5.74, 6) is 0.0954. The lowest BCUT2D eigenvalue weighted by Gasteiger charge is -2.23. The van der Waals surface area contributed by atoms with Crippen molar-refractivity contribution in [3.05, 3.63) is 52.2 Å². The number of amides is 1. The Kier molecular flexibility index (Phi) is 3.36. The number of thiophene rings is 1. The van der Waals surface area contributed by atoms with E-state index >= 15 is 0 Å². The Morgan fingerprint density at radius 2 is 2.16 bits per heavy atom. The maximum absolute atomic E-state index is 12.6. The van der Waals surface area contributed by atoms with Gasteiger partial charge in [-0.2, -0.15) is 0 Å². The number of carbonyl (C=O) groups is 1. The van der Waals surface area contributed by atoms with Gasteiger partial charge in [-0.25, -0.2) is 0 Å². The summed E-state index contributed by atoms with van der Waals surface area (Å²) in [4.78, 5) is 15.3. The van der Waals surface area contributed by atoms with Crippen molar-refractivity contribution in [2.75, 3.05) is 11.4 Å². The monoisotopic (exact) mass is 272 g/mol. The van der Waals surface area contributed by atoms with Crippen LogP contribution in [0.25, 0.3) is 0 Å². The van der Waals surface area contributed by atoms with Crippen LogP contribution < -0.4 is 10.2 Å². The Bertz CT molecular complexity index is 580. The first kappa shape index (κ1) is 12.4. The maximum atomic E-state index is 12.6. The number of carbonyl (C=O) groups excluding carboxylic acids is 1. The molecule has 3 rings (SSSR count). The number of anilines is 1. The zero-order chi connectivity index (χ0) is 13.2. The van der Waals surface area contributed by atoms with E-state index in [9.17, 15) is 4.79 Å². The van der Waals surface area contributed by atoms with E-state index < -0.39 is 0 Å². The van der Waals surface area contributed by atoms with Crippen LogP contribution in [-0.2, 0) is 6.54 Å². The van der Waals surface area contributed by atoms with Crippen molar-refractivity contribution in [2.45, 2.75) is 19.5 Å². The van der Waals surface area contributed by atoms with Gasteiger partial charge in [0.1, 0.15) is 0 Å². The molecule has 3 nitrogen and oxygen atoms in total. The number of para-hydroxylation sites is 1. The third-order valence-electron chi connectivity index (χ3n) is 3.36. The van der Waals surface area contributed by atoms with Crippen molar-refractivity contribution in [2.24, 2.45) is 0 Å². The van der Waals surface area contributed by atoms with Gasteiger partial charge in [0.05, 0.1) is 4.88 Å². The first-order valence-electron chi connectivity index (χ1n) is 6.42. The molecule has 0 fully saturated rings. The first-order chi connectivity index (χ1) is 9.25. The maximum Gasteiger partial charge on any atom is 0.268 e. The van der Waals surface area contributed by atoms with Crippen LogP contribution in [0, 0.1) is 0 Å². The van der Waals surface area contributed by atoms with E-state index in [1.54, 1.807) is 0 Å². The summed E-state index contributed by atoms with van der Waals surface area (Å²) in [6.07, 6.45) is 0. The van der Waals surface area contributed by atoms with Gasteiger partial charge in [0.25, 0.3) is 5.91 Å². The first-order valence-corrected chi connectivity index (χ1v) is 7.30. The lowest BCUT2D eigenvalue weighted by molar-refractivity contribution is 0.0989. The van der Waals surface area contributed by atoms with E-state index in [-0.39, 0.29) is 11.9 Å². The predicted octanol–water partition coefficient (Wildman–Crippen LogP) is 2.89. The number of benzene rings is 1. The molecule has 1 aromatic carbocycles. The summed E-state index contributed by atoms with van der Waals surface area (Å²) in [5, 5.41) is 5.38. The minimum atomic E-state index is 0.0954. The van der Waals surface area contributed by atoms with Crippen molar-refractivity contribution in [3.63, 3.8) is 0 Å². The topological polar surface area (TPSA) is 32.3 Å². The third-order valence-corrected chi connectivity index (χ3v) is 4.21. The highest BCUT2D eigenvalue weighted by molar-refractivity contribution is 7.12. The Morgan fingerprint density at radius 1 is 1.32 bits per heavy atom. The highest BCUT2D eigenvalue weighted by Gasteiger charge is 2.25. The molecular weight excluding hydrogens is 256 g/mol. The van der Waals surface area contributed by atoms with Crippen molar-refractivity contribution >= 4 is 22.9 Å². The standard InChI is InChI=1S/C15H16N2OS/c1-11-10-17(15(18)14-7-4-8-19-14)13-6-3-2-5-12(13)9-16-11/h2-8,11,16H,9-10H2,1H3.